The minimum Gasteiger partial charge on any atom is -0.316 e. The lowest BCUT2D eigenvalue weighted by Crippen LogP contribution is -2.56. The molecule has 0 spiro atoms. The van der Waals surface area contributed by atoms with E-state index >= 15 is 0 Å². The van der Waals surface area contributed by atoms with Gasteiger partial charge in [-0.3, -0.25) is 9.30 Å². The highest BCUT2D eigenvalue weighted by Crippen LogP contribution is 2.38. The van der Waals surface area contributed by atoms with Gasteiger partial charge >= 0.3 is 12.2 Å². The summed E-state index contributed by atoms with van der Waals surface area (Å²) in [5, 5.41) is 3.08. The molecule has 2 atom stereocenters. The van der Waals surface area contributed by atoms with Crippen molar-refractivity contribution in [2.45, 2.75) is 37.6 Å². The lowest BCUT2D eigenvalue weighted by atomic mass is 10.1. The van der Waals surface area contributed by atoms with E-state index in [-0.39, 0.29) is 22.8 Å². The molecule has 4 heterocycles. The molecule has 2 bridgehead atoms. The molecular formula is C27H23Cl2F3N6O. The van der Waals surface area contributed by atoms with E-state index in [1.165, 1.54) is 12.1 Å². The molecule has 6 rings (SSSR count). The van der Waals surface area contributed by atoms with Gasteiger partial charge in [0.25, 0.3) is 0 Å². The van der Waals surface area contributed by atoms with Crippen LogP contribution in [0.15, 0.2) is 60.9 Å². The van der Waals surface area contributed by atoms with Gasteiger partial charge in [-0.2, -0.15) is 13.2 Å². The van der Waals surface area contributed by atoms with Gasteiger partial charge in [0.05, 0.1) is 22.6 Å². The van der Waals surface area contributed by atoms with Crippen LogP contribution in [0.2, 0.25) is 10.0 Å². The van der Waals surface area contributed by atoms with Crippen molar-refractivity contribution in [2.75, 3.05) is 18.4 Å². The number of urea groups is 1. The van der Waals surface area contributed by atoms with Crippen molar-refractivity contribution in [1.82, 2.24) is 24.2 Å². The largest absolute Gasteiger partial charge is 0.418 e. The maximum absolute atomic E-state index is 13.6. The van der Waals surface area contributed by atoms with E-state index in [4.69, 9.17) is 28.2 Å². The number of aromatic nitrogens is 3. The fraction of sp³-hybridized carbons (Fsp3) is 0.296. The number of likely N-dealkylation sites (tertiary alicyclic amines) is 1. The third kappa shape index (κ3) is 5.04. The normalized spacial score (nSPS) is 19.6. The number of nitrogens with one attached hydrogen (secondary N) is 1. The summed E-state index contributed by atoms with van der Waals surface area (Å²) in [7, 11) is 0. The molecule has 1 unspecified atom stereocenters. The molecule has 2 saturated heterocycles. The van der Waals surface area contributed by atoms with Gasteiger partial charge in [-0.05, 0) is 49.2 Å². The highest BCUT2D eigenvalue weighted by Gasteiger charge is 2.43. The highest BCUT2D eigenvalue weighted by molar-refractivity contribution is 6.31. The molecule has 2 aliphatic heterocycles. The van der Waals surface area contributed by atoms with Gasteiger partial charge < -0.3 is 10.2 Å². The van der Waals surface area contributed by atoms with Crippen molar-refractivity contribution < 1.29 is 18.0 Å². The van der Waals surface area contributed by atoms with Gasteiger partial charge in [0.2, 0.25) is 5.78 Å². The first-order valence-corrected chi connectivity index (χ1v) is 13.2. The number of piperazine rings is 1. The number of anilines is 1. The number of benzene rings is 2. The number of halogens is 5. The number of carbonyl (C=O) groups excluding carboxylic acids is 1. The summed E-state index contributed by atoms with van der Waals surface area (Å²) in [6, 6.07) is 11.9. The van der Waals surface area contributed by atoms with Crippen LogP contribution < -0.4 is 5.32 Å². The van der Waals surface area contributed by atoms with E-state index in [0.29, 0.717) is 30.4 Å². The summed E-state index contributed by atoms with van der Waals surface area (Å²) in [5.74, 6) is 0.585. The Kier molecular flexibility index (Phi) is 6.65. The Hall–Kier alpha value is -3.34. The topological polar surface area (TPSA) is 65.8 Å². The molecule has 1 N–H and O–H groups in total. The molecule has 7 nitrogen and oxygen atoms in total. The second-order valence-corrected chi connectivity index (χ2v) is 10.7. The summed E-state index contributed by atoms with van der Waals surface area (Å²) in [4.78, 5) is 26.4. The Bertz CT molecular complexity index is 1530. The van der Waals surface area contributed by atoms with Crippen LogP contribution >= 0.6 is 23.2 Å². The van der Waals surface area contributed by atoms with Crippen molar-refractivity contribution in [3.05, 3.63) is 82.2 Å². The number of nitrogens with zero attached hydrogens (tertiary/aromatic N) is 5. The Morgan fingerprint density at radius 1 is 1.03 bits per heavy atom. The third-order valence-corrected chi connectivity index (χ3v) is 7.80. The third-order valence-electron chi connectivity index (χ3n) is 7.31. The lowest BCUT2D eigenvalue weighted by molar-refractivity contribution is -0.136. The average Bonchev–Trinajstić information content (AvgIpc) is 3.39. The molecule has 2 aromatic carbocycles. The van der Waals surface area contributed by atoms with Gasteiger partial charge in [0.15, 0.2) is 0 Å². The van der Waals surface area contributed by atoms with Crippen LogP contribution in [0, 0.1) is 0 Å². The van der Waals surface area contributed by atoms with E-state index in [9.17, 15) is 18.0 Å². The minimum absolute atomic E-state index is 0.0467. The number of hydrogen-bond donors (Lipinski definition) is 1. The molecule has 0 aliphatic carbocycles. The maximum atomic E-state index is 13.6. The van der Waals surface area contributed by atoms with Crippen LogP contribution in [0.5, 0.6) is 0 Å². The Morgan fingerprint density at radius 2 is 1.72 bits per heavy atom. The highest BCUT2D eigenvalue weighted by atomic mass is 35.5. The van der Waals surface area contributed by atoms with Crippen molar-refractivity contribution in [3.8, 4) is 11.3 Å². The summed E-state index contributed by atoms with van der Waals surface area (Å²) in [6.07, 6.45) is 0.531. The molecule has 2 aromatic heterocycles. The van der Waals surface area contributed by atoms with Gasteiger partial charge in [0, 0.05) is 59.7 Å². The number of hydrogen-bond acceptors (Lipinski definition) is 4. The second kappa shape index (κ2) is 10.0. The van der Waals surface area contributed by atoms with Gasteiger partial charge in [-0.15, -0.1) is 0 Å². The summed E-state index contributed by atoms with van der Waals surface area (Å²) >= 11 is 11.9. The van der Waals surface area contributed by atoms with Gasteiger partial charge in [-0.1, -0.05) is 35.3 Å². The zero-order valence-corrected chi connectivity index (χ0v) is 22.0. The molecule has 0 saturated carbocycles. The van der Waals surface area contributed by atoms with Crippen LogP contribution in [0.25, 0.3) is 17.0 Å². The molecule has 2 amide bonds. The lowest BCUT2D eigenvalue weighted by Gasteiger charge is -2.41. The van der Waals surface area contributed by atoms with Crippen LogP contribution in [-0.4, -0.2) is 55.4 Å². The fourth-order valence-corrected chi connectivity index (χ4v) is 5.93. The number of amides is 2. The van der Waals surface area contributed by atoms with E-state index in [1.54, 1.807) is 11.1 Å². The molecular weight excluding hydrogens is 552 g/mol. The van der Waals surface area contributed by atoms with Crippen LogP contribution in [0.3, 0.4) is 0 Å². The smallest absolute Gasteiger partial charge is 0.316 e. The minimum atomic E-state index is -4.64. The SMILES string of the molecule is O=C(Nc1ccc(Cl)cc1C(F)(F)F)N1C2CC[C@@H]1CN(Cc1c(-c3ccc(Cl)cc3)nc3ncccn13)C2. The Balaban J connectivity index is 1.23. The number of carbonyl (C=O) groups is 1. The fourth-order valence-electron chi connectivity index (χ4n) is 5.63. The average molecular weight is 575 g/mol. The first-order valence-electron chi connectivity index (χ1n) is 12.4. The Labute approximate surface area is 232 Å². The van der Waals surface area contributed by atoms with E-state index in [1.807, 2.05) is 40.9 Å². The van der Waals surface area contributed by atoms with E-state index in [2.05, 4.69) is 15.2 Å². The molecule has 12 heteroatoms. The molecule has 2 aliphatic rings. The van der Waals surface area contributed by atoms with Crippen LogP contribution in [0.4, 0.5) is 23.7 Å². The van der Waals surface area contributed by atoms with Crippen LogP contribution in [0.1, 0.15) is 24.1 Å². The predicted molar refractivity (Wildman–Crippen MR) is 143 cm³/mol. The van der Waals surface area contributed by atoms with Crippen molar-refractivity contribution in [1.29, 1.82) is 0 Å². The van der Waals surface area contributed by atoms with Crippen LogP contribution in [-0.2, 0) is 12.7 Å². The number of fused-ring (bicyclic) bond motifs is 3. The molecule has 202 valence electrons. The van der Waals surface area contributed by atoms with E-state index < -0.39 is 17.8 Å². The number of alkyl halides is 3. The van der Waals surface area contributed by atoms with Gasteiger partial charge in [0.1, 0.15) is 0 Å². The standard InChI is InChI=1S/C27H23Cl2F3N6O/c28-17-4-2-16(3-5-17)24-23(37-11-1-10-33-25(37)35-24)15-36-13-19-7-8-20(14-36)38(19)26(39)34-22-9-6-18(29)12-21(22)27(30,31)32/h1-6,9-12,19-20H,7-8,13-15H2,(H,34,39)/t19-,20?/m1/s1. The first-order chi connectivity index (χ1) is 18.7. The monoisotopic (exact) mass is 574 g/mol. The number of rotatable bonds is 4. The molecule has 2 fully saturated rings. The zero-order valence-electron chi connectivity index (χ0n) is 20.5. The van der Waals surface area contributed by atoms with Crippen molar-refractivity contribution >= 4 is 40.7 Å². The van der Waals surface area contributed by atoms with E-state index in [0.717, 1.165) is 35.9 Å². The van der Waals surface area contributed by atoms with Crippen molar-refractivity contribution in [2.24, 2.45) is 0 Å². The van der Waals surface area contributed by atoms with Gasteiger partial charge in [-0.25, -0.2) is 14.8 Å². The summed E-state index contributed by atoms with van der Waals surface area (Å²) < 4.78 is 42.6. The molecule has 4 aromatic rings. The quantitative estimate of drug-likeness (QED) is 0.298. The number of imidazole rings is 1. The predicted octanol–water partition coefficient (Wildman–Crippen LogP) is 6.60. The zero-order chi connectivity index (χ0) is 27.3. The Morgan fingerprint density at radius 3 is 2.41 bits per heavy atom. The first kappa shape index (κ1) is 25.9. The second-order valence-electron chi connectivity index (χ2n) is 9.81. The molecule has 39 heavy (non-hydrogen) atoms. The van der Waals surface area contributed by atoms with Crippen molar-refractivity contribution in [3.63, 3.8) is 0 Å². The molecule has 0 radical (unpaired) electrons. The summed E-state index contributed by atoms with van der Waals surface area (Å²) in [6.45, 7) is 1.75. The maximum Gasteiger partial charge on any atom is 0.418 e. The summed E-state index contributed by atoms with van der Waals surface area (Å²) in [5.41, 5.74) is 1.42.